The van der Waals surface area contributed by atoms with E-state index in [-0.39, 0.29) is 0 Å². The maximum Gasteiger partial charge on any atom is 0.328 e. The van der Waals surface area contributed by atoms with Gasteiger partial charge in [0.15, 0.2) is 0 Å². The fourth-order valence-corrected chi connectivity index (χ4v) is 0.509. The van der Waals surface area contributed by atoms with E-state index in [2.05, 4.69) is 6.58 Å². The van der Waals surface area contributed by atoms with Crippen LogP contribution in [0, 0.1) is 5.92 Å². The van der Waals surface area contributed by atoms with Gasteiger partial charge in [-0.25, -0.2) is 4.79 Å². The highest BCUT2D eigenvalue weighted by atomic mass is 16.4. The van der Waals surface area contributed by atoms with Crippen molar-refractivity contribution in [2.75, 3.05) is 0 Å². The third kappa shape index (κ3) is 5.47. The summed E-state index contributed by atoms with van der Waals surface area (Å²) >= 11 is 0. The molecule has 12 heavy (non-hydrogen) atoms. The van der Waals surface area contributed by atoms with E-state index < -0.39 is 5.97 Å². The van der Waals surface area contributed by atoms with Crippen LogP contribution in [0.5, 0.6) is 0 Å². The molecule has 0 atom stereocenters. The Kier molecular flexibility index (Phi) is 4.77. The highest BCUT2D eigenvalue weighted by molar-refractivity contribution is 5.80. The SMILES string of the molecule is C=C(/C=C\C=C\C(=O)O)C(C)C. The first kappa shape index (κ1) is 10.7. The Hall–Kier alpha value is -1.31. The Morgan fingerprint density at radius 2 is 1.83 bits per heavy atom. The number of carboxylic acid groups (broad SMARTS) is 1. The second-order valence-corrected chi connectivity index (χ2v) is 2.79. The van der Waals surface area contributed by atoms with Crippen LogP contribution in [0.25, 0.3) is 0 Å². The summed E-state index contributed by atoms with van der Waals surface area (Å²) in [6.45, 7) is 7.87. The van der Waals surface area contributed by atoms with Crippen molar-refractivity contribution in [2.24, 2.45) is 5.92 Å². The maximum absolute atomic E-state index is 10.0. The van der Waals surface area contributed by atoms with Crippen LogP contribution < -0.4 is 0 Å². The van der Waals surface area contributed by atoms with Crippen LogP contribution in [0.3, 0.4) is 0 Å². The van der Waals surface area contributed by atoms with Crippen molar-refractivity contribution >= 4 is 5.97 Å². The Bertz CT molecular complexity index is 222. The fraction of sp³-hybridized carbons (Fsp3) is 0.300. The van der Waals surface area contributed by atoms with Crippen molar-refractivity contribution in [3.8, 4) is 0 Å². The van der Waals surface area contributed by atoms with Gasteiger partial charge in [0.1, 0.15) is 0 Å². The lowest BCUT2D eigenvalue weighted by atomic mass is 10.1. The summed E-state index contributed by atoms with van der Waals surface area (Å²) in [6, 6.07) is 0. The number of hydrogen-bond donors (Lipinski definition) is 1. The first-order valence-corrected chi connectivity index (χ1v) is 3.80. The van der Waals surface area contributed by atoms with E-state index in [1.807, 2.05) is 19.9 Å². The second kappa shape index (κ2) is 5.35. The number of carboxylic acids is 1. The van der Waals surface area contributed by atoms with Gasteiger partial charge in [-0.05, 0) is 5.92 Å². The molecule has 66 valence electrons. The van der Waals surface area contributed by atoms with Gasteiger partial charge < -0.3 is 5.11 Å². The molecule has 0 unspecified atom stereocenters. The van der Waals surface area contributed by atoms with Crippen molar-refractivity contribution in [1.29, 1.82) is 0 Å². The molecule has 0 aliphatic heterocycles. The molecule has 0 rings (SSSR count). The second-order valence-electron chi connectivity index (χ2n) is 2.79. The lowest BCUT2D eigenvalue weighted by Gasteiger charge is -2.00. The summed E-state index contributed by atoms with van der Waals surface area (Å²) < 4.78 is 0. The number of rotatable bonds is 4. The minimum atomic E-state index is -0.935. The van der Waals surface area contributed by atoms with Gasteiger partial charge in [-0.1, -0.05) is 44.2 Å². The zero-order valence-electron chi connectivity index (χ0n) is 7.45. The van der Waals surface area contributed by atoms with E-state index in [0.717, 1.165) is 11.6 Å². The average Bonchev–Trinajstić information content (AvgIpc) is 1.97. The molecule has 1 N–H and O–H groups in total. The molecule has 0 radical (unpaired) electrons. The zero-order valence-corrected chi connectivity index (χ0v) is 7.45. The quantitative estimate of drug-likeness (QED) is 0.514. The number of carbonyl (C=O) groups is 1. The van der Waals surface area contributed by atoms with Gasteiger partial charge in [0.25, 0.3) is 0 Å². The largest absolute Gasteiger partial charge is 0.478 e. The minimum absolute atomic E-state index is 0.402. The molecule has 0 amide bonds. The fourth-order valence-electron chi connectivity index (χ4n) is 0.509. The van der Waals surface area contributed by atoms with Gasteiger partial charge >= 0.3 is 5.97 Å². The predicted molar refractivity (Wildman–Crippen MR) is 49.9 cm³/mol. The van der Waals surface area contributed by atoms with Gasteiger partial charge in [0.05, 0.1) is 0 Å². The van der Waals surface area contributed by atoms with Crippen LogP contribution in [-0.2, 0) is 4.79 Å². The zero-order chi connectivity index (χ0) is 9.56. The molecule has 0 aromatic rings. The first-order chi connectivity index (χ1) is 5.54. The van der Waals surface area contributed by atoms with E-state index in [1.54, 1.807) is 6.08 Å². The topological polar surface area (TPSA) is 37.3 Å². The standard InChI is InChI=1S/C10H14O2/c1-8(2)9(3)6-4-5-7-10(11)12/h4-8H,3H2,1-2H3,(H,11,12)/b6-4-,7-5+. The highest BCUT2D eigenvalue weighted by Crippen LogP contribution is 2.07. The third-order valence-electron chi connectivity index (χ3n) is 1.40. The number of aliphatic carboxylic acids is 1. The van der Waals surface area contributed by atoms with Crippen molar-refractivity contribution in [3.05, 3.63) is 36.5 Å². The van der Waals surface area contributed by atoms with E-state index in [1.165, 1.54) is 6.08 Å². The van der Waals surface area contributed by atoms with Crippen molar-refractivity contribution in [1.82, 2.24) is 0 Å². The third-order valence-corrected chi connectivity index (χ3v) is 1.40. The molecular weight excluding hydrogens is 152 g/mol. The normalized spacial score (nSPS) is 11.6. The molecule has 0 saturated heterocycles. The molecule has 0 aliphatic carbocycles. The molecule has 0 saturated carbocycles. The lowest BCUT2D eigenvalue weighted by Crippen LogP contribution is -1.87. The molecular formula is C10H14O2. The summed E-state index contributed by atoms with van der Waals surface area (Å²) in [5.41, 5.74) is 0.991. The van der Waals surface area contributed by atoms with Gasteiger partial charge in [-0.3, -0.25) is 0 Å². The number of hydrogen-bond acceptors (Lipinski definition) is 1. The van der Waals surface area contributed by atoms with E-state index in [9.17, 15) is 4.79 Å². The Labute approximate surface area is 72.9 Å². The molecule has 0 fully saturated rings. The highest BCUT2D eigenvalue weighted by Gasteiger charge is 1.92. The Morgan fingerprint density at radius 1 is 1.33 bits per heavy atom. The van der Waals surface area contributed by atoms with Crippen LogP contribution in [0.4, 0.5) is 0 Å². The van der Waals surface area contributed by atoms with E-state index >= 15 is 0 Å². The average molecular weight is 166 g/mol. The van der Waals surface area contributed by atoms with Gasteiger partial charge in [-0.15, -0.1) is 0 Å². The molecule has 0 bridgehead atoms. The van der Waals surface area contributed by atoms with Crippen LogP contribution in [0.2, 0.25) is 0 Å². The summed E-state index contributed by atoms with van der Waals surface area (Å²) in [7, 11) is 0. The van der Waals surface area contributed by atoms with E-state index in [4.69, 9.17) is 5.11 Å². The summed E-state index contributed by atoms with van der Waals surface area (Å²) in [4.78, 5) is 10.0. The molecule has 0 aromatic carbocycles. The molecule has 0 aliphatic rings. The smallest absolute Gasteiger partial charge is 0.328 e. The molecule has 0 spiro atoms. The Balaban J connectivity index is 3.92. The molecule has 2 heteroatoms. The Morgan fingerprint density at radius 3 is 2.25 bits per heavy atom. The summed E-state index contributed by atoms with van der Waals surface area (Å²) in [5, 5.41) is 8.24. The molecule has 0 heterocycles. The van der Waals surface area contributed by atoms with Gasteiger partial charge in [0, 0.05) is 6.08 Å². The number of allylic oxidation sites excluding steroid dienone is 4. The van der Waals surface area contributed by atoms with Crippen molar-refractivity contribution < 1.29 is 9.90 Å². The summed E-state index contributed by atoms with van der Waals surface area (Å²) in [6.07, 6.45) is 6.06. The lowest BCUT2D eigenvalue weighted by molar-refractivity contribution is -0.131. The van der Waals surface area contributed by atoms with Crippen molar-refractivity contribution in [2.45, 2.75) is 13.8 Å². The van der Waals surface area contributed by atoms with Crippen LogP contribution >= 0.6 is 0 Å². The van der Waals surface area contributed by atoms with Gasteiger partial charge in [-0.2, -0.15) is 0 Å². The van der Waals surface area contributed by atoms with Crippen LogP contribution in [0.15, 0.2) is 36.5 Å². The summed E-state index contributed by atoms with van der Waals surface area (Å²) in [5.74, 6) is -0.533. The molecule has 2 nitrogen and oxygen atoms in total. The monoisotopic (exact) mass is 166 g/mol. The molecule has 0 aromatic heterocycles. The minimum Gasteiger partial charge on any atom is -0.478 e. The van der Waals surface area contributed by atoms with Crippen LogP contribution in [-0.4, -0.2) is 11.1 Å². The van der Waals surface area contributed by atoms with E-state index in [0.29, 0.717) is 5.92 Å². The first-order valence-electron chi connectivity index (χ1n) is 3.80. The van der Waals surface area contributed by atoms with Gasteiger partial charge in [0.2, 0.25) is 0 Å². The maximum atomic E-state index is 10.0. The predicted octanol–water partition coefficient (Wildman–Crippen LogP) is 2.40. The van der Waals surface area contributed by atoms with Crippen LogP contribution in [0.1, 0.15) is 13.8 Å². The van der Waals surface area contributed by atoms with Crippen molar-refractivity contribution in [3.63, 3.8) is 0 Å².